The van der Waals surface area contributed by atoms with Gasteiger partial charge in [-0.2, -0.15) is 0 Å². The highest BCUT2D eigenvalue weighted by Crippen LogP contribution is 2.31. The van der Waals surface area contributed by atoms with Crippen molar-refractivity contribution in [1.82, 2.24) is 15.5 Å². The Kier molecular flexibility index (Phi) is 6.77. The van der Waals surface area contributed by atoms with E-state index in [1.165, 1.54) is 0 Å². The van der Waals surface area contributed by atoms with E-state index < -0.39 is 0 Å². The maximum absolute atomic E-state index is 13.3. The van der Waals surface area contributed by atoms with Crippen LogP contribution in [0, 0.1) is 11.8 Å². The molecule has 0 spiro atoms. The molecule has 1 aliphatic rings. The first-order valence-electron chi connectivity index (χ1n) is 12.3. The number of aromatic nitrogens is 2. The molecule has 180 valence electrons. The van der Waals surface area contributed by atoms with Crippen LogP contribution in [0.15, 0.2) is 71.4 Å². The van der Waals surface area contributed by atoms with E-state index in [2.05, 4.69) is 27.6 Å². The van der Waals surface area contributed by atoms with Crippen LogP contribution in [0.25, 0.3) is 22.1 Å². The number of pyridine rings is 1. The van der Waals surface area contributed by atoms with Crippen LogP contribution in [0.1, 0.15) is 43.0 Å². The molecule has 2 heterocycles. The fourth-order valence-corrected chi connectivity index (χ4v) is 4.98. The summed E-state index contributed by atoms with van der Waals surface area (Å²) < 4.78 is 5.35. The Labute approximate surface area is 204 Å². The Morgan fingerprint density at radius 2 is 1.80 bits per heavy atom. The van der Waals surface area contributed by atoms with E-state index in [1.807, 2.05) is 48.5 Å². The number of benzene rings is 2. The second-order valence-corrected chi connectivity index (χ2v) is 9.45. The largest absolute Gasteiger partial charge is 0.380 e. The Morgan fingerprint density at radius 3 is 2.57 bits per heavy atom. The molecule has 1 atom stereocenters. The third kappa shape index (κ3) is 5.20. The van der Waals surface area contributed by atoms with Gasteiger partial charge in [-0.1, -0.05) is 41.6 Å². The van der Waals surface area contributed by atoms with E-state index in [0.29, 0.717) is 30.3 Å². The van der Waals surface area contributed by atoms with Gasteiger partial charge in [0.2, 0.25) is 5.91 Å². The van der Waals surface area contributed by atoms with E-state index in [0.717, 1.165) is 53.5 Å². The van der Waals surface area contributed by atoms with E-state index in [1.54, 1.807) is 6.20 Å². The van der Waals surface area contributed by atoms with E-state index >= 15 is 0 Å². The topological polar surface area (TPSA) is 120 Å². The number of nitrogens with one attached hydrogen (secondary N) is 1. The second kappa shape index (κ2) is 10.3. The molecule has 2 aromatic heterocycles. The Hall–Kier alpha value is -3.71. The molecule has 4 aromatic rings. The summed E-state index contributed by atoms with van der Waals surface area (Å²) in [6.07, 6.45) is 6.26. The summed E-state index contributed by atoms with van der Waals surface area (Å²) in [6, 6.07) is 19.8. The summed E-state index contributed by atoms with van der Waals surface area (Å²) >= 11 is 0. The summed E-state index contributed by atoms with van der Waals surface area (Å²) in [6.45, 7) is 0.703. The monoisotopic (exact) mass is 469 g/mol. The van der Waals surface area contributed by atoms with Gasteiger partial charge in [-0.3, -0.25) is 9.78 Å². The smallest absolute Gasteiger partial charge is 0.223 e. The zero-order valence-electron chi connectivity index (χ0n) is 19.7. The van der Waals surface area contributed by atoms with Gasteiger partial charge in [0, 0.05) is 12.1 Å². The van der Waals surface area contributed by atoms with Crippen LogP contribution in [-0.2, 0) is 11.2 Å². The zero-order chi connectivity index (χ0) is 24.2. The van der Waals surface area contributed by atoms with Crippen molar-refractivity contribution in [3.8, 4) is 11.1 Å². The molecule has 1 saturated carbocycles. The van der Waals surface area contributed by atoms with Crippen LogP contribution in [0.4, 0.5) is 5.82 Å². The molecule has 0 radical (unpaired) electrons. The summed E-state index contributed by atoms with van der Waals surface area (Å²) in [7, 11) is 0. The SMILES string of the molecule is NCC1CCC(C(=O)NC(Cc2ccccc2)c2cc(-c3ccc4c(N)noc4c3)ccn2)CC1. The van der Waals surface area contributed by atoms with Gasteiger partial charge in [-0.25, -0.2) is 0 Å². The van der Waals surface area contributed by atoms with Crippen LogP contribution in [-0.4, -0.2) is 22.6 Å². The number of carbonyl (C=O) groups excluding carboxylic acids is 1. The van der Waals surface area contributed by atoms with Crippen LogP contribution in [0.3, 0.4) is 0 Å². The first-order valence-corrected chi connectivity index (χ1v) is 12.3. The molecule has 35 heavy (non-hydrogen) atoms. The van der Waals surface area contributed by atoms with Crippen LogP contribution in [0.2, 0.25) is 0 Å². The first kappa shape index (κ1) is 23.1. The molecule has 7 nitrogen and oxygen atoms in total. The maximum atomic E-state index is 13.3. The molecule has 1 fully saturated rings. The lowest BCUT2D eigenvalue weighted by Gasteiger charge is -2.28. The molecule has 2 aromatic carbocycles. The van der Waals surface area contributed by atoms with Crippen molar-refractivity contribution in [3.05, 3.63) is 78.1 Å². The second-order valence-electron chi connectivity index (χ2n) is 9.45. The number of carbonyl (C=O) groups is 1. The molecule has 1 unspecified atom stereocenters. The van der Waals surface area contributed by atoms with Crippen LogP contribution < -0.4 is 16.8 Å². The fourth-order valence-electron chi connectivity index (χ4n) is 4.98. The van der Waals surface area contributed by atoms with E-state index in [-0.39, 0.29) is 17.9 Å². The van der Waals surface area contributed by atoms with Crippen molar-refractivity contribution < 1.29 is 9.32 Å². The normalized spacial score (nSPS) is 18.9. The van der Waals surface area contributed by atoms with Gasteiger partial charge in [0.1, 0.15) is 0 Å². The Balaban J connectivity index is 1.41. The minimum Gasteiger partial charge on any atom is -0.380 e. The van der Waals surface area contributed by atoms with Gasteiger partial charge in [-0.15, -0.1) is 0 Å². The summed E-state index contributed by atoms with van der Waals surface area (Å²) in [5.74, 6) is 1.05. The third-order valence-corrected chi connectivity index (χ3v) is 7.12. The highest BCUT2D eigenvalue weighted by Gasteiger charge is 2.28. The molecule has 1 aliphatic carbocycles. The quantitative estimate of drug-likeness (QED) is 0.363. The van der Waals surface area contributed by atoms with Crippen molar-refractivity contribution in [3.63, 3.8) is 0 Å². The van der Waals surface area contributed by atoms with Crippen LogP contribution >= 0.6 is 0 Å². The van der Waals surface area contributed by atoms with Gasteiger partial charge in [0.15, 0.2) is 11.4 Å². The predicted octanol–water partition coefficient (Wildman–Crippen LogP) is 4.64. The summed E-state index contributed by atoms with van der Waals surface area (Å²) in [5, 5.41) is 7.96. The third-order valence-electron chi connectivity index (χ3n) is 7.12. The van der Waals surface area contributed by atoms with Crippen molar-refractivity contribution in [2.24, 2.45) is 17.6 Å². The standard InChI is InChI=1S/C28H31N5O2/c29-17-19-6-8-20(9-7-19)28(34)32-25(14-18-4-2-1-3-5-18)24-15-22(12-13-31-24)21-10-11-23-26(16-21)35-33-27(23)30/h1-5,10-13,15-16,19-20,25H,6-9,14,17,29H2,(H2,30,33)(H,32,34). The maximum Gasteiger partial charge on any atom is 0.223 e. The van der Waals surface area contributed by atoms with Gasteiger partial charge in [-0.05, 0) is 85.5 Å². The van der Waals surface area contributed by atoms with E-state index in [4.69, 9.17) is 16.0 Å². The Morgan fingerprint density at radius 1 is 1.03 bits per heavy atom. The Bertz CT molecular complexity index is 1300. The lowest BCUT2D eigenvalue weighted by Crippen LogP contribution is -2.37. The molecular formula is C28H31N5O2. The van der Waals surface area contributed by atoms with Gasteiger partial charge < -0.3 is 21.3 Å². The highest BCUT2D eigenvalue weighted by atomic mass is 16.5. The molecule has 5 rings (SSSR count). The number of amides is 1. The number of hydrogen-bond acceptors (Lipinski definition) is 6. The summed E-state index contributed by atoms with van der Waals surface area (Å²) in [4.78, 5) is 17.9. The highest BCUT2D eigenvalue weighted by molar-refractivity contribution is 5.90. The van der Waals surface area contributed by atoms with Crippen molar-refractivity contribution in [2.75, 3.05) is 12.3 Å². The molecule has 0 aliphatic heterocycles. The lowest BCUT2D eigenvalue weighted by atomic mass is 9.81. The minimum absolute atomic E-state index is 0.0265. The number of anilines is 1. The first-order chi connectivity index (χ1) is 17.1. The molecule has 0 bridgehead atoms. The fraction of sp³-hybridized carbons (Fsp3) is 0.321. The molecular weight excluding hydrogens is 438 g/mol. The van der Waals surface area contributed by atoms with Crippen LogP contribution in [0.5, 0.6) is 0 Å². The number of nitrogens with zero attached hydrogens (tertiary/aromatic N) is 2. The number of nitrogen functional groups attached to an aromatic ring is 1. The number of hydrogen-bond donors (Lipinski definition) is 3. The van der Waals surface area contributed by atoms with Gasteiger partial charge in [0.05, 0.1) is 17.1 Å². The minimum atomic E-state index is -0.235. The van der Waals surface area contributed by atoms with Gasteiger partial charge in [0.25, 0.3) is 0 Å². The molecule has 0 saturated heterocycles. The summed E-state index contributed by atoms with van der Waals surface area (Å²) in [5.41, 5.74) is 16.3. The van der Waals surface area contributed by atoms with Gasteiger partial charge >= 0.3 is 0 Å². The molecule has 1 amide bonds. The van der Waals surface area contributed by atoms with E-state index in [9.17, 15) is 4.79 Å². The predicted molar refractivity (Wildman–Crippen MR) is 137 cm³/mol. The number of fused-ring (bicyclic) bond motifs is 1. The average molecular weight is 470 g/mol. The molecule has 7 heteroatoms. The average Bonchev–Trinajstić information content (AvgIpc) is 3.29. The molecule has 5 N–H and O–H groups in total. The number of rotatable bonds is 7. The van der Waals surface area contributed by atoms with Crippen molar-refractivity contribution >= 4 is 22.7 Å². The lowest BCUT2D eigenvalue weighted by molar-refractivity contribution is -0.127. The number of nitrogens with two attached hydrogens (primary N) is 2. The van der Waals surface area contributed by atoms with Crippen molar-refractivity contribution in [2.45, 2.75) is 38.1 Å². The van der Waals surface area contributed by atoms with Crippen molar-refractivity contribution in [1.29, 1.82) is 0 Å². The zero-order valence-corrected chi connectivity index (χ0v) is 19.7.